The molecule has 0 aliphatic rings. The van der Waals surface area contributed by atoms with E-state index in [9.17, 15) is 28.1 Å². The molecular weight excluding hydrogens is 348 g/mol. The molecule has 1 rings (SSSR count). The maximum absolute atomic E-state index is 11.9. The lowest BCUT2D eigenvalue weighted by Crippen LogP contribution is -2.20. The van der Waals surface area contributed by atoms with Crippen molar-refractivity contribution in [3.63, 3.8) is 0 Å². The first-order valence-corrected chi connectivity index (χ1v) is 4.61. The smallest absolute Gasteiger partial charge is 0.403 e. The molecule has 0 aliphatic heterocycles. The Labute approximate surface area is 98.7 Å². The van der Waals surface area contributed by atoms with E-state index in [1.165, 1.54) is 22.6 Å². The fourth-order valence-corrected chi connectivity index (χ4v) is 1.32. The van der Waals surface area contributed by atoms with Gasteiger partial charge in [0.15, 0.2) is 5.75 Å². The maximum Gasteiger partial charge on any atom is 0.573 e. The molecule has 1 N–H and O–H groups in total. The van der Waals surface area contributed by atoms with E-state index in [1.54, 1.807) is 0 Å². The van der Waals surface area contributed by atoms with Crippen LogP contribution in [0.2, 0.25) is 0 Å². The number of nitrogens with one attached hydrogen (secondary N) is 1. The van der Waals surface area contributed by atoms with Gasteiger partial charge in [-0.2, -0.15) is 0 Å². The van der Waals surface area contributed by atoms with E-state index in [4.69, 9.17) is 0 Å². The van der Waals surface area contributed by atoms with Crippen LogP contribution < -0.4 is 10.3 Å². The highest BCUT2D eigenvalue weighted by molar-refractivity contribution is 14.1. The monoisotopic (exact) mass is 350 g/mol. The SMILES string of the molecule is O=c1[nH]c(I)c(OC(F)(F)F)cc1[N+](=O)[O-]. The van der Waals surface area contributed by atoms with Crippen molar-refractivity contribution in [1.82, 2.24) is 4.98 Å². The van der Waals surface area contributed by atoms with Crippen LogP contribution in [0.3, 0.4) is 0 Å². The molecule has 0 radical (unpaired) electrons. The number of pyridine rings is 1. The van der Waals surface area contributed by atoms with Gasteiger partial charge < -0.3 is 9.72 Å². The molecule has 6 nitrogen and oxygen atoms in total. The standard InChI is InChI=1S/C6H2F3IN2O4/c7-6(8,9)16-3-1-2(12(14)15)5(13)11-4(3)10/h1H,(H,11,13). The lowest BCUT2D eigenvalue weighted by atomic mass is 10.4. The van der Waals surface area contributed by atoms with Gasteiger partial charge in [-0.3, -0.25) is 14.9 Å². The van der Waals surface area contributed by atoms with Crippen LogP contribution in [0.25, 0.3) is 0 Å². The first kappa shape index (κ1) is 12.7. The van der Waals surface area contributed by atoms with Crippen molar-refractivity contribution in [2.45, 2.75) is 6.36 Å². The zero-order chi connectivity index (χ0) is 12.5. The van der Waals surface area contributed by atoms with Crippen LogP contribution in [-0.4, -0.2) is 16.3 Å². The molecule has 16 heavy (non-hydrogen) atoms. The molecule has 0 spiro atoms. The summed E-state index contributed by atoms with van der Waals surface area (Å²) in [6.45, 7) is 0. The highest BCUT2D eigenvalue weighted by atomic mass is 127. The summed E-state index contributed by atoms with van der Waals surface area (Å²) >= 11 is 1.36. The van der Waals surface area contributed by atoms with Crippen molar-refractivity contribution in [3.8, 4) is 5.75 Å². The number of rotatable bonds is 2. The molecule has 1 aromatic heterocycles. The quantitative estimate of drug-likeness (QED) is 0.381. The second kappa shape index (κ2) is 4.27. The summed E-state index contributed by atoms with van der Waals surface area (Å²) in [5.74, 6) is -0.820. The molecule has 0 amide bonds. The number of halogens is 4. The molecule has 1 heterocycles. The Morgan fingerprint density at radius 3 is 2.50 bits per heavy atom. The van der Waals surface area contributed by atoms with Gasteiger partial charge in [0.1, 0.15) is 3.70 Å². The van der Waals surface area contributed by atoms with Crippen LogP contribution in [0.5, 0.6) is 5.75 Å². The molecule has 1 aromatic rings. The van der Waals surface area contributed by atoms with Crippen molar-refractivity contribution >= 4 is 28.3 Å². The van der Waals surface area contributed by atoms with Gasteiger partial charge >= 0.3 is 17.6 Å². The minimum absolute atomic E-state index is 0.273. The lowest BCUT2D eigenvalue weighted by Gasteiger charge is -2.09. The van der Waals surface area contributed by atoms with Gasteiger partial charge in [0.2, 0.25) is 0 Å². The summed E-state index contributed by atoms with van der Waals surface area (Å²) in [7, 11) is 0. The molecule has 88 valence electrons. The Balaban J connectivity index is 3.26. The average molecular weight is 350 g/mol. The van der Waals surface area contributed by atoms with Crippen LogP contribution in [0.4, 0.5) is 18.9 Å². The second-order valence-corrected chi connectivity index (χ2v) is 3.55. The third-order valence-corrected chi connectivity index (χ3v) is 2.16. The number of aromatic nitrogens is 1. The Hall–Kier alpha value is -1.33. The van der Waals surface area contributed by atoms with E-state index in [0.717, 1.165) is 0 Å². The number of hydrogen-bond donors (Lipinski definition) is 1. The molecule has 10 heteroatoms. The van der Waals surface area contributed by atoms with E-state index < -0.39 is 28.3 Å². The fraction of sp³-hybridized carbons (Fsp3) is 0.167. The third-order valence-electron chi connectivity index (χ3n) is 1.36. The molecule has 0 unspecified atom stereocenters. The summed E-state index contributed by atoms with van der Waals surface area (Å²) < 4.78 is 38.8. The Kier molecular flexibility index (Phi) is 3.40. The number of ether oxygens (including phenoxy) is 1. The molecular formula is C6H2F3IN2O4. The van der Waals surface area contributed by atoms with Crippen molar-refractivity contribution in [3.05, 3.63) is 30.2 Å². The Morgan fingerprint density at radius 2 is 2.06 bits per heavy atom. The molecule has 0 fully saturated rings. The van der Waals surface area contributed by atoms with Crippen LogP contribution in [-0.2, 0) is 0 Å². The van der Waals surface area contributed by atoms with Gasteiger partial charge in [-0.15, -0.1) is 13.2 Å². The van der Waals surface area contributed by atoms with E-state index in [2.05, 4.69) is 4.74 Å². The van der Waals surface area contributed by atoms with Gasteiger partial charge in [-0.25, -0.2) is 0 Å². The van der Waals surface area contributed by atoms with Crippen molar-refractivity contribution in [1.29, 1.82) is 0 Å². The summed E-state index contributed by atoms with van der Waals surface area (Å²) in [5, 5.41) is 10.3. The molecule has 0 aromatic carbocycles. The fourth-order valence-electron chi connectivity index (χ4n) is 0.813. The first-order chi connectivity index (χ1) is 7.20. The highest BCUT2D eigenvalue weighted by Crippen LogP contribution is 2.27. The summed E-state index contributed by atoms with van der Waals surface area (Å²) in [4.78, 5) is 22.0. The number of nitrogens with zero attached hydrogens (tertiary/aromatic N) is 1. The van der Waals surface area contributed by atoms with Gasteiger partial charge in [0.25, 0.3) is 0 Å². The van der Waals surface area contributed by atoms with Gasteiger partial charge in [-0.1, -0.05) is 0 Å². The van der Waals surface area contributed by atoms with Gasteiger partial charge in [0, 0.05) is 0 Å². The van der Waals surface area contributed by atoms with E-state index in [0.29, 0.717) is 6.07 Å². The largest absolute Gasteiger partial charge is 0.573 e. The minimum Gasteiger partial charge on any atom is -0.403 e. The van der Waals surface area contributed by atoms with Crippen LogP contribution in [0.1, 0.15) is 0 Å². The van der Waals surface area contributed by atoms with Gasteiger partial charge in [0.05, 0.1) is 11.0 Å². The van der Waals surface area contributed by atoms with Gasteiger partial charge in [-0.05, 0) is 22.6 Å². The molecule has 0 saturated carbocycles. The van der Waals surface area contributed by atoms with Crippen molar-refractivity contribution < 1.29 is 22.8 Å². The van der Waals surface area contributed by atoms with Crippen molar-refractivity contribution in [2.75, 3.05) is 0 Å². The number of alkyl halides is 3. The van der Waals surface area contributed by atoms with E-state index in [1.807, 2.05) is 4.98 Å². The molecule has 0 aliphatic carbocycles. The predicted molar refractivity (Wildman–Crippen MR) is 53.1 cm³/mol. The third kappa shape index (κ3) is 3.08. The molecule has 0 bridgehead atoms. The lowest BCUT2D eigenvalue weighted by molar-refractivity contribution is -0.386. The number of hydrogen-bond acceptors (Lipinski definition) is 4. The minimum atomic E-state index is -4.98. The van der Waals surface area contributed by atoms with Crippen LogP contribution in [0.15, 0.2) is 10.9 Å². The molecule has 0 saturated heterocycles. The van der Waals surface area contributed by atoms with Crippen LogP contribution >= 0.6 is 22.6 Å². The number of H-pyrrole nitrogens is 1. The summed E-state index contributed by atoms with van der Waals surface area (Å²) in [5.41, 5.74) is -2.11. The highest BCUT2D eigenvalue weighted by Gasteiger charge is 2.33. The van der Waals surface area contributed by atoms with E-state index >= 15 is 0 Å². The second-order valence-electron chi connectivity index (χ2n) is 2.47. The van der Waals surface area contributed by atoms with Crippen molar-refractivity contribution in [2.24, 2.45) is 0 Å². The summed E-state index contributed by atoms with van der Waals surface area (Å²) in [6, 6.07) is 0.425. The predicted octanol–water partition coefficient (Wildman–Crippen LogP) is 1.79. The van der Waals surface area contributed by atoms with Crippen LogP contribution in [0, 0.1) is 13.8 Å². The normalized spacial score (nSPS) is 11.2. The Morgan fingerprint density at radius 1 is 1.50 bits per heavy atom. The number of nitro groups is 1. The number of aromatic amines is 1. The Bertz CT molecular complexity index is 484. The zero-order valence-electron chi connectivity index (χ0n) is 7.17. The van der Waals surface area contributed by atoms with E-state index in [-0.39, 0.29) is 3.70 Å². The first-order valence-electron chi connectivity index (χ1n) is 3.53. The maximum atomic E-state index is 11.9. The molecule has 0 atom stereocenters. The topological polar surface area (TPSA) is 85.2 Å². The average Bonchev–Trinajstić information content (AvgIpc) is 2.07. The summed E-state index contributed by atoms with van der Waals surface area (Å²) in [6.07, 6.45) is -4.98. The zero-order valence-corrected chi connectivity index (χ0v) is 9.33.